The van der Waals surface area contributed by atoms with Crippen molar-refractivity contribution in [3.63, 3.8) is 0 Å². The van der Waals surface area contributed by atoms with E-state index in [0.717, 1.165) is 4.88 Å². The molecule has 0 aliphatic heterocycles. The van der Waals surface area contributed by atoms with E-state index in [9.17, 15) is 4.39 Å². The minimum Gasteiger partial charge on any atom is -0.488 e. The second-order valence-electron chi connectivity index (χ2n) is 3.73. The van der Waals surface area contributed by atoms with Gasteiger partial charge in [0.1, 0.15) is 18.2 Å². The summed E-state index contributed by atoms with van der Waals surface area (Å²) >= 11 is 1.52. The molecule has 2 rings (SSSR count). The average molecular weight is 252 g/mol. The SMILES string of the molecule is CC(N)c1cc(F)ccc1OCc1cncs1. The number of halogens is 1. The Morgan fingerprint density at radius 3 is 3.00 bits per heavy atom. The molecule has 90 valence electrons. The number of benzene rings is 1. The molecule has 0 amide bonds. The predicted molar refractivity (Wildman–Crippen MR) is 65.4 cm³/mol. The van der Waals surface area contributed by atoms with Crippen molar-refractivity contribution in [3.05, 3.63) is 46.2 Å². The second kappa shape index (κ2) is 5.25. The van der Waals surface area contributed by atoms with Crippen LogP contribution in [0.5, 0.6) is 5.75 Å². The van der Waals surface area contributed by atoms with Crippen molar-refractivity contribution in [2.75, 3.05) is 0 Å². The van der Waals surface area contributed by atoms with Gasteiger partial charge in [0, 0.05) is 17.8 Å². The highest BCUT2D eigenvalue weighted by Gasteiger charge is 2.10. The predicted octanol–water partition coefficient (Wildman–Crippen LogP) is 2.88. The number of ether oxygens (including phenoxy) is 1. The third kappa shape index (κ3) is 3.01. The molecule has 0 bridgehead atoms. The lowest BCUT2D eigenvalue weighted by atomic mass is 10.1. The Balaban J connectivity index is 2.14. The van der Waals surface area contributed by atoms with Crippen LogP contribution < -0.4 is 10.5 Å². The van der Waals surface area contributed by atoms with Gasteiger partial charge in [0.25, 0.3) is 0 Å². The van der Waals surface area contributed by atoms with E-state index < -0.39 is 0 Å². The first kappa shape index (κ1) is 12.0. The van der Waals surface area contributed by atoms with Crippen molar-refractivity contribution in [1.29, 1.82) is 0 Å². The number of rotatable bonds is 4. The number of hydrogen-bond donors (Lipinski definition) is 1. The third-order valence-corrected chi connectivity index (χ3v) is 3.07. The maximum Gasteiger partial charge on any atom is 0.124 e. The molecule has 2 aromatic rings. The molecule has 0 radical (unpaired) electrons. The summed E-state index contributed by atoms with van der Waals surface area (Å²) in [5.41, 5.74) is 8.20. The second-order valence-corrected chi connectivity index (χ2v) is 4.70. The molecule has 17 heavy (non-hydrogen) atoms. The minimum atomic E-state index is -0.303. The Labute approximate surface area is 103 Å². The van der Waals surface area contributed by atoms with Crippen molar-refractivity contribution in [1.82, 2.24) is 4.98 Å². The molecule has 0 saturated heterocycles. The zero-order valence-corrected chi connectivity index (χ0v) is 10.2. The van der Waals surface area contributed by atoms with Gasteiger partial charge in [0.2, 0.25) is 0 Å². The lowest BCUT2D eigenvalue weighted by Gasteiger charge is -2.13. The zero-order valence-electron chi connectivity index (χ0n) is 9.39. The van der Waals surface area contributed by atoms with Gasteiger partial charge in [-0.1, -0.05) is 0 Å². The fourth-order valence-corrected chi connectivity index (χ4v) is 1.97. The van der Waals surface area contributed by atoms with Crippen LogP contribution in [0.25, 0.3) is 0 Å². The summed E-state index contributed by atoms with van der Waals surface area (Å²) in [5.74, 6) is 0.317. The Morgan fingerprint density at radius 2 is 2.35 bits per heavy atom. The van der Waals surface area contributed by atoms with Crippen molar-refractivity contribution >= 4 is 11.3 Å². The van der Waals surface area contributed by atoms with Gasteiger partial charge >= 0.3 is 0 Å². The van der Waals surface area contributed by atoms with E-state index in [0.29, 0.717) is 17.9 Å². The van der Waals surface area contributed by atoms with Crippen molar-refractivity contribution < 1.29 is 9.13 Å². The first-order valence-corrected chi connectivity index (χ1v) is 6.10. The highest BCUT2D eigenvalue weighted by molar-refractivity contribution is 7.09. The molecule has 2 N–H and O–H groups in total. The first-order valence-electron chi connectivity index (χ1n) is 5.22. The Bertz CT molecular complexity index is 485. The topological polar surface area (TPSA) is 48.1 Å². The van der Waals surface area contributed by atoms with Crippen LogP contribution in [0.3, 0.4) is 0 Å². The maximum atomic E-state index is 13.1. The maximum absolute atomic E-state index is 13.1. The lowest BCUT2D eigenvalue weighted by molar-refractivity contribution is 0.304. The van der Waals surface area contributed by atoms with Gasteiger partial charge in [-0.3, -0.25) is 4.98 Å². The van der Waals surface area contributed by atoms with E-state index in [2.05, 4.69) is 4.98 Å². The van der Waals surface area contributed by atoms with E-state index in [1.807, 2.05) is 0 Å². The van der Waals surface area contributed by atoms with Gasteiger partial charge in [-0.15, -0.1) is 11.3 Å². The fraction of sp³-hybridized carbons (Fsp3) is 0.250. The van der Waals surface area contributed by atoms with Crippen molar-refractivity contribution in [3.8, 4) is 5.75 Å². The lowest BCUT2D eigenvalue weighted by Crippen LogP contribution is -2.08. The van der Waals surface area contributed by atoms with E-state index in [1.165, 1.54) is 23.5 Å². The highest BCUT2D eigenvalue weighted by Crippen LogP contribution is 2.25. The molecule has 1 unspecified atom stereocenters. The Morgan fingerprint density at radius 1 is 1.53 bits per heavy atom. The van der Waals surface area contributed by atoms with Crippen LogP contribution in [0, 0.1) is 5.82 Å². The van der Waals surface area contributed by atoms with Crippen molar-refractivity contribution in [2.24, 2.45) is 5.73 Å². The summed E-state index contributed by atoms with van der Waals surface area (Å²) in [7, 11) is 0. The largest absolute Gasteiger partial charge is 0.488 e. The molecular formula is C12H13FN2OS. The summed E-state index contributed by atoms with van der Waals surface area (Å²) in [6.45, 7) is 2.23. The third-order valence-electron chi connectivity index (χ3n) is 2.32. The summed E-state index contributed by atoms with van der Waals surface area (Å²) in [5, 5.41) is 0. The number of thiazole rings is 1. The van der Waals surface area contributed by atoms with Crippen LogP contribution in [-0.4, -0.2) is 4.98 Å². The van der Waals surface area contributed by atoms with E-state index in [1.54, 1.807) is 24.7 Å². The summed E-state index contributed by atoms with van der Waals surface area (Å²) in [6.07, 6.45) is 1.75. The monoisotopic (exact) mass is 252 g/mol. The van der Waals surface area contributed by atoms with Gasteiger partial charge in [-0.2, -0.15) is 0 Å². The van der Waals surface area contributed by atoms with Gasteiger partial charge < -0.3 is 10.5 Å². The average Bonchev–Trinajstić information content (AvgIpc) is 2.80. The smallest absolute Gasteiger partial charge is 0.124 e. The quantitative estimate of drug-likeness (QED) is 0.910. The molecule has 5 heteroatoms. The molecule has 3 nitrogen and oxygen atoms in total. The van der Waals surface area contributed by atoms with Gasteiger partial charge in [0.05, 0.1) is 10.4 Å². The number of nitrogens with two attached hydrogens (primary N) is 1. The standard InChI is InChI=1S/C12H13FN2OS/c1-8(14)11-4-9(13)2-3-12(11)16-6-10-5-15-7-17-10/h2-5,7-8H,6,14H2,1H3. The van der Waals surface area contributed by atoms with Crippen LogP contribution in [0.15, 0.2) is 29.9 Å². The van der Waals surface area contributed by atoms with E-state index in [4.69, 9.17) is 10.5 Å². The first-order chi connectivity index (χ1) is 8.16. The molecule has 0 aliphatic carbocycles. The molecule has 0 spiro atoms. The van der Waals surface area contributed by atoms with Gasteiger partial charge in [-0.05, 0) is 25.1 Å². The molecule has 1 aromatic carbocycles. The Hall–Kier alpha value is -1.46. The number of hydrogen-bond acceptors (Lipinski definition) is 4. The molecule has 0 saturated carbocycles. The molecule has 1 aromatic heterocycles. The fourth-order valence-electron chi connectivity index (χ4n) is 1.47. The normalized spacial score (nSPS) is 12.4. The highest BCUT2D eigenvalue weighted by atomic mass is 32.1. The molecule has 1 atom stereocenters. The minimum absolute atomic E-state index is 0.262. The summed E-state index contributed by atoms with van der Waals surface area (Å²) in [6, 6.07) is 4.12. The van der Waals surface area contributed by atoms with Gasteiger partial charge in [0.15, 0.2) is 0 Å². The summed E-state index contributed by atoms with van der Waals surface area (Å²) in [4.78, 5) is 4.98. The van der Waals surface area contributed by atoms with Gasteiger partial charge in [-0.25, -0.2) is 4.39 Å². The van der Waals surface area contributed by atoms with Crippen LogP contribution in [0.2, 0.25) is 0 Å². The van der Waals surface area contributed by atoms with Crippen LogP contribution >= 0.6 is 11.3 Å². The molecule has 1 heterocycles. The molecular weight excluding hydrogens is 239 g/mol. The van der Waals surface area contributed by atoms with Crippen LogP contribution in [0.1, 0.15) is 23.4 Å². The molecule has 0 fully saturated rings. The van der Waals surface area contributed by atoms with Crippen LogP contribution in [0.4, 0.5) is 4.39 Å². The van der Waals surface area contributed by atoms with E-state index >= 15 is 0 Å². The van der Waals surface area contributed by atoms with E-state index in [-0.39, 0.29) is 11.9 Å². The number of aromatic nitrogens is 1. The Kier molecular flexibility index (Phi) is 3.71. The van der Waals surface area contributed by atoms with Crippen molar-refractivity contribution in [2.45, 2.75) is 19.6 Å². The number of nitrogens with zero attached hydrogens (tertiary/aromatic N) is 1. The molecule has 0 aliphatic rings. The zero-order chi connectivity index (χ0) is 12.3. The van der Waals surface area contributed by atoms with Crippen LogP contribution in [-0.2, 0) is 6.61 Å². The summed E-state index contributed by atoms with van der Waals surface area (Å²) < 4.78 is 18.7.